The van der Waals surface area contributed by atoms with Gasteiger partial charge in [-0.05, 0) is 26.7 Å². The summed E-state index contributed by atoms with van der Waals surface area (Å²) in [5.41, 5.74) is 2.67. The topological polar surface area (TPSA) is 103 Å². The van der Waals surface area contributed by atoms with Gasteiger partial charge in [-0.2, -0.15) is 5.10 Å². The van der Waals surface area contributed by atoms with E-state index in [1.165, 1.54) is 6.33 Å². The van der Waals surface area contributed by atoms with Crippen LogP contribution in [0.2, 0.25) is 0 Å². The molecule has 1 fully saturated rings. The molecule has 1 aliphatic rings. The number of hydrogen-bond donors (Lipinski definition) is 2. The number of hydrogen-bond acceptors (Lipinski definition) is 6. The van der Waals surface area contributed by atoms with Crippen molar-refractivity contribution in [3.63, 3.8) is 0 Å². The van der Waals surface area contributed by atoms with Crippen molar-refractivity contribution in [3.8, 4) is 0 Å². The summed E-state index contributed by atoms with van der Waals surface area (Å²) >= 11 is 0. The van der Waals surface area contributed by atoms with E-state index in [4.69, 9.17) is 5.84 Å². The predicted molar refractivity (Wildman–Crippen MR) is 76.6 cm³/mol. The molecule has 0 aliphatic carbocycles. The molecule has 1 aromatic heterocycles. The van der Waals surface area contributed by atoms with Gasteiger partial charge >= 0.3 is 0 Å². The summed E-state index contributed by atoms with van der Waals surface area (Å²) in [7, 11) is -3.07. The third-order valence-electron chi connectivity index (χ3n) is 3.83. The lowest BCUT2D eigenvalue weighted by atomic mass is 10.0. The molecule has 114 valence electrons. The third-order valence-corrected chi connectivity index (χ3v) is 6.17. The standard InChI is InChI=1S/C12H23N5O2S/c1-9(2)17-12(14-8-15-17)7-10(16-13)11-5-3-4-6-20(11,18)19/h8-11,16H,3-7,13H2,1-2H3. The predicted octanol–water partition coefficient (Wildman–Crippen LogP) is 0.201. The van der Waals surface area contributed by atoms with E-state index in [1.54, 1.807) is 4.68 Å². The molecule has 1 aromatic rings. The van der Waals surface area contributed by atoms with E-state index in [2.05, 4.69) is 15.5 Å². The fourth-order valence-electron chi connectivity index (χ4n) is 2.78. The molecule has 0 radical (unpaired) electrons. The van der Waals surface area contributed by atoms with Crippen LogP contribution in [0.3, 0.4) is 0 Å². The van der Waals surface area contributed by atoms with Crippen LogP contribution in [0.1, 0.15) is 45.0 Å². The zero-order valence-corrected chi connectivity index (χ0v) is 12.8. The molecule has 1 aliphatic heterocycles. The number of nitrogens with two attached hydrogens (primary N) is 1. The van der Waals surface area contributed by atoms with Gasteiger partial charge in [-0.15, -0.1) is 0 Å². The van der Waals surface area contributed by atoms with Gasteiger partial charge in [-0.25, -0.2) is 18.1 Å². The number of aromatic nitrogens is 3. The van der Waals surface area contributed by atoms with Gasteiger partial charge in [0.2, 0.25) is 0 Å². The molecule has 2 rings (SSSR count). The van der Waals surface area contributed by atoms with Gasteiger partial charge < -0.3 is 0 Å². The molecule has 0 spiro atoms. The minimum absolute atomic E-state index is 0.189. The van der Waals surface area contributed by atoms with E-state index in [0.717, 1.165) is 18.7 Å². The average Bonchev–Trinajstić information content (AvgIpc) is 2.84. The molecule has 0 saturated carbocycles. The Morgan fingerprint density at radius 2 is 2.25 bits per heavy atom. The highest BCUT2D eigenvalue weighted by atomic mass is 32.2. The SMILES string of the molecule is CC(C)n1ncnc1CC(NN)C1CCCCS1(=O)=O. The van der Waals surface area contributed by atoms with E-state index >= 15 is 0 Å². The van der Waals surface area contributed by atoms with E-state index in [9.17, 15) is 8.42 Å². The Kier molecular flexibility index (Phi) is 4.77. The summed E-state index contributed by atoms with van der Waals surface area (Å²) in [5.74, 6) is 6.62. The molecule has 7 nitrogen and oxygen atoms in total. The number of hydrazine groups is 1. The van der Waals surface area contributed by atoms with Gasteiger partial charge in [0.25, 0.3) is 0 Å². The molecule has 0 bridgehead atoms. The first-order chi connectivity index (χ1) is 9.45. The molecule has 8 heteroatoms. The number of rotatable bonds is 5. The Balaban J connectivity index is 2.18. The van der Waals surface area contributed by atoms with Gasteiger partial charge in [0, 0.05) is 18.5 Å². The molecule has 2 heterocycles. The van der Waals surface area contributed by atoms with E-state index < -0.39 is 15.1 Å². The summed E-state index contributed by atoms with van der Waals surface area (Å²) in [6.07, 6.45) is 4.31. The van der Waals surface area contributed by atoms with Gasteiger partial charge in [0.15, 0.2) is 9.84 Å². The zero-order valence-electron chi connectivity index (χ0n) is 12.0. The minimum atomic E-state index is -3.07. The van der Waals surface area contributed by atoms with Crippen LogP contribution in [0, 0.1) is 0 Å². The summed E-state index contributed by atoms with van der Waals surface area (Å²) in [4.78, 5) is 4.23. The number of nitrogens with one attached hydrogen (secondary N) is 1. The van der Waals surface area contributed by atoms with Crippen molar-refractivity contribution < 1.29 is 8.42 Å². The second-order valence-electron chi connectivity index (χ2n) is 5.59. The van der Waals surface area contributed by atoms with Crippen LogP contribution < -0.4 is 11.3 Å². The number of sulfone groups is 1. The molecule has 20 heavy (non-hydrogen) atoms. The highest BCUT2D eigenvalue weighted by Crippen LogP contribution is 2.24. The van der Waals surface area contributed by atoms with Gasteiger partial charge in [-0.1, -0.05) is 6.42 Å². The van der Waals surface area contributed by atoms with Gasteiger partial charge in [0.1, 0.15) is 12.2 Å². The van der Waals surface area contributed by atoms with Gasteiger partial charge in [0.05, 0.1) is 11.0 Å². The Morgan fingerprint density at radius 3 is 2.85 bits per heavy atom. The van der Waals surface area contributed by atoms with Crippen LogP contribution >= 0.6 is 0 Å². The summed E-state index contributed by atoms with van der Waals surface area (Å²) < 4.78 is 26.2. The van der Waals surface area contributed by atoms with Crippen molar-refractivity contribution >= 4 is 9.84 Å². The summed E-state index contributed by atoms with van der Waals surface area (Å²) in [6, 6.07) is -0.129. The maximum absolute atomic E-state index is 12.2. The van der Waals surface area contributed by atoms with E-state index in [0.29, 0.717) is 12.8 Å². The van der Waals surface area contributed by atoms with Crippen LogP contribution in [-0.4, -0.2) is 40.2 Å². The van der Waals surface area contributed by atoms with Gasteiger partial charge in [-0.3, -0.25) is 11.3 Å². The molecular weight excluding hydrogens is 278 g/mol. The maximum atomic E-state index is 12.2. The summed E-state index contributed by atoms with van der Waals surface area (Å²) in [5, 5.41) is 3.74. The first-order valence-corrected chi connectivity index (χ1v) is 8.73. The normalized spacial score (nSPS) is 23.9. The number of nitrogens with zero attached hydrogens (tertiary/aromatic N) is 3. The van der Waals surface area contributed by atoms with Crippen molar-refractivity contribution in [2.45, 2.75) is 56.9 Å². The highest BCUT2D eigenvalue weighted by molar-refractivity contribution is 7.92. The second-order valence-corrected chi connectivity index (χ2v) is 7.93. The molecule has 3 N–H and O–H groups in total. The first kappa shape index (κ1) is 15.4. The molecule has 2 atom stereocenters. The van der Waals surface area contributed by atoms with Crippen LogP contribution in [0.15, 0.2) is 6.33 Å². The van der Waals surface area contributed by atoms with Crippen LogP contribution in [0.4, 0.5) is 0 Å². The Hall–Kier alpha value is -0.990. The van der Waals surface area contributed by atoms with Crippen molar-refractivity contribution in [2.75, 3.05) is 5.75 Å². The third kappa shape index (κ3) is 3.18. The fraction of sp³-hybridized carbons (Fsp3) is 0.833. The molecule has 1 saturated heterocycles. The molecule has 2 unspecified atom stereocenters. The van der Waals surface area contributed by atoms with Crippen molar-refractivity contribution in [1.29, 1.82) is 0 Å². The lowest BCUT2D eigenvalue weighted by Crippen LogP contribution is -2.51. The Labute approximate surface area is 119 Å². The fourth-order valence-corrected chi connectivity index (χ4v) is 4.89. The van der Waals surface area contributed by atoms with Crippen molar-refractivity contribution in [3.05, 3.63) is 12.2 Å². The summed E-state index contributed by atoms with van der Waals surface area (Å²) in [6.45, 7) is 4.03. The van der Waals surface area contributed by atoms with E-state index in [-0.39, 0.29) is 17.8 Å². The van der Waals surface area contributed by atoms with Crippen LogP contribution in [0.25, 0.3) is 0 Å². The maximum Gasteiger partial charge on any atom is 0.154 e. The van der Waals surface area contributed by atoms with Crippen molar-refractivity contribution in [2.24, 2.45) is 5.84 Å². The van der Waals surface area contributed by atoms with Crippen LogP contribution in [0.5, 0.6) is 0 Å². The molecular formula is C12H23N5O2S. The quantitative estimate of drug-likeness (QED) is 0.595. The smallest absolute Gasteiger partial charge is 0.154 e. The largest absolute Gasteiger partial charge is 0.271 e. The van der Waals surface area contributed by atoms with Crippen LogP contribution in [-0.2, 0) is 16.3 Å². The zero-order chi connectivity index (χ0) is 14.8. The minimum Gasteiger partial charge on any atom is -0.271 e. The average molecular weight is 301 g/mol. The monoisotopic (exact) mass is 301 g/mol. The lowest BCUT2D eigenvalue weighted by molar-refractivity contribution is 0.417. The molecule has 0 amide bonds. The highest BCUT2D eigenvalue weighted by Gasteiger charge is 2.35. The molecule has 0 aromatic carbocycles. The van der Waals surface area contributed by atoms with Crippen molar-refractivity contribution in [1.82, 2.24) is 20.2 Å². The Morgan fingerprint density at radius 1 is 1.50 bits per heavy atom. The Bertz CT molecular complexity index is 540. The first-order valence-electron chi connectivity index (χ1n) is 7.01. The second kappa shape index (κ2) is 6.19. The lowest BCUT2D eigenvalue weighted by Gasteiger charge is -2.29. The van der Waals surface area contributed by atoms with E-state index in [1.807, 2.05) is 13.8 Å².